The molecule has 5 heteroatoms. The minimum atomic E-state index is -0.521. The summed E-state index contributed by atoms with van der Waals surface area (Å²) < 4.78 is 10.4. The molecule has 96 valence electrons. The van der Waals surface area contributed by atoms with E-state index in [9.17, 15) is 9.59 Å². The van der Waals surface area contributed by atoms with Crippen LogP contribution in [0, 0.1) is 3.57 Å². The monoisotopic (exact) mass is 360 g/mol. The van der Waals surface area contributed by atoms with Crippen LogP contribution < -0.4 is 0 Å². The summed E-state index contributed by atoms with van der Waals surface area (Å²) in [5.74, 6) is -1.02. The van der Waals surface area contributed by atoms with Crippen molar-refractivity contribution in [1.82, 2.24) is 0 Å². The zero-order valence-electron chi connectivity index (χ0n) is 9.89. The predicted molar refractivity (Wildman–Crippen MR) is 75.0 cm³/mol. The van der Waals surface area contributed by atoms with Gasteiger partial charge in [-0.1, -0.05) is 19.1 Å². The summed E-state index contributed by atoms with van der Waals surface area (Å²) in [7, 11) is 0. The first-order valence-electron chi connectivity index (χ1n) is 5.44. The van der Waals surface area contributed by atoms with Crippen LogP contribution in [-0.4, -0.2) is 18.5 Å². The van der Waals surface area contributed by atoms with Crippen molar-refractivity contribution in [3.8, 4) is 0 Å². The van der Waals surface area contributed by atoms with Gasteiger partial charge in [0, 0.05) is 3.57 Å². The summed E-state index contributed by atoms with van der Waals surface area (Å²) in [6.07, 6.45) is 2.88. The van der Waals surface area contributed by atoms with Gasteiger partial charge in [0.25, 0.3) is 0 Å². The molecular weight excluding hydrogens is 347 g/mol. The fourth-order valence-electron chi connectivity index (χ4n) is 1.09. The number of hydrogen-bond donors (Lipinski definition) is 0. The number of halogens is 1. The third-order valence-corrected chi connectivity index (χ3v) is 2.86. The Hall–Kier alpha value is -1.37. The molecule has 4 nitrogen and oxygen atoms in total. The van der Waals surface area contributed by atoms with E-state index in [4.69, 9.17) is 9.47 Å². The topological polar surface area (TPSA) is 52.6 Å². The molecule has 1 rings (SSSR count). The number of ether oxygens (including phenoxy) is 2. The van der Waals surface area contributed by atoms with E-state index in [1.165, 1.54) is 0 Å². The first-order valence-corrected chi connectivity index (χ1v) is 6.52. The molecule has 0 amide bonds. The highest BCUT2D eigenvalue weighted by molar-refractivity contribution is 14.1. The molecule has 1 aromatic carbocycles. The molecule has 0 saturated heterocycles. The Bertz CT molecular complexity index is 454. The number of carbonyl (C=O) groups excluding carboxylic acids is 2. The number of benzene rings is 1. The maximum Gasteiger partial charge on any atom is 0.344 e. The van der Waals surface area contributed by atoms with Crippen LogP contribution in [0.15, 0.2) is 36.6 Å². The quantitative estimate of drug-likeness (QED) is 0.351. The van der Waals surface area contributed by atoms with Gasteiger partial charge in [-0.3, -0.25) is 0 Å². The van der Waals surface area contributed by atoms with Gasteiger partial charge >= 0.3 is 11.9 Å². The molecule has 0 aromatic heterocycles. The van der Waals surface area contributed by atoms with Crippen LogP contribution in [0.1, 0.15) is 23.7 Å². The molecule has 0 spiro atoms. The lowest BCUT2D eigenvalue weighted by Crippen LogP contribution is -2.05. The fraction of sp³-hybridized carbons (Fsp3) is 0.231. The molecular formula is C13H13IO4. The standard InChI is InChI=1S/C13H13IO4/c1-2-8-17-12(15)7-9-18-13(16)10-5-3-4-6-11(10)14/h3-7,9H,2,8H2,1H3/b9-7+. The van der Waals surface area contributed by atoms with E-state index in [2.05, 4.69) is 0 Å². The molecule has 0 radical (unpaired) electrons. The Labute approximate surface area is 119 Å². The highest BCUT2D eigenvalue weighted by atomic mass is 127. The van der Waals surface area contributed by atoms with Crippen molar-refractivity contribution in [3.05, 3.63) is 45.7 Å². The summed E-state index contributed by atoms with van der Waals surface area (Å²) in [6, 6.07) is 7.04. The van der Waals surface area contributed by atoms with Crippen LogP contribution in [0.3, 0.4) is 0 Å². The molecule has 0 N–H and O–H groups in total. The minimum absolute atomic E-state index is 0.355. The molecule has 0 unspecified atom stereocenters. The van der Waals surface area contributed by atoms with Gasteiger partial charge in [0.05, 0.1) is 18.2 Å². The van der Waals surface area contributed by atoms with E-state index >= 15 is 0 Å². The van der Waals surface area contributed by atoms with Gasteiger partial charge in [-0.25, -0.2) is 9.59 Å². The number of esters is 2. The van der Waals surface area contributed by atoms with Crippen LogP contribution in [0.2, 0.25) is 0 Å². The maximum absolute atomic E-state index is 11.6. The third-order valence-electron chi connectivity index (χ3n) is 1.92. The molecule has 0 saturated carbocycles. The Morgan fingerprint density at radius 3 is 2.72 bits per heavy atom. The van der Waals surface area contributed by atoms with E-state index in [0.29, 0.717) is 12.2 Å². The van der Waals surface area contributed by atoms with E-state index in [1.54, 1.807) is 18.2 Å². The van der Waals surface area contributed by atoms with Crippen LogP contribution in [0.5, 0.6) is 0 Å². The van der Waals surface area contributed by atoms with Gasteiger partial charge in [-0.2, -0.15) is 0 Å². The molecule has 0 heterocycles. The number of carbonyl (C=O) groups is 2. The van der Waals surface area contributed by atoms with Crippen molar-refractivity contribution >= 4 is 34.5 Å². The fourth-order valence-corrected chi connectivity index (χ4v) is 1.70. The SMILES string of the molecule is CCCOC(=O)/C=C/OC(=O)c1ccccc1I. The lowest BCUT2D eigenvalue weighted by Gasteiger charge is -2.01. The Morgan fingerprint density at radius 1 is 1.33 bits per heavy atom. The number of hydrogen-bond acceptors (Lipinski definition) is 4. The smallest absolute Gasteiger partial charge is 0.344 e. The first kappa shape index (κ1) is 14.7. The Balaban J connectivity index is 2.49. The first-order chi connectivity index (χ1) is 8.65. The van der Waals surface area contributed by atoms with Gasteiger partial charge in [0.15, 0.2) is 0 Å². The average molecular weight is 360 g/mol. The molecule has 0 atom stereocenters. The van der Waals surface area contributed by atoms with Crippen molar-refractivity contribution < 1.29 is 19.1 Å². The molecule has 1 aromatic rings. The third kappa shape index (κ3) is 4.87. The van der Waals surface area contributed by atoms with E-state index in [0.717, 1.165) is 22.3 Å². The second-order valence-electron chi connectivity index (χ2n) is 3.36. The van der Waals surface area contributed by atoms with Crippen LogP contribution in [0.25, 0.3) is 0 Å². The molecule has 0 bridgehead atoms. The zero-order chi connectivity index (χ0) is 13.4. The molecule has 0 aliphatic rings. The largest absolute Gasteiger partial charge is 0.462 e. The zero-order valence-corrected chi connectivity index (χ0v) is 12.0. The van der Waals surface area contributed by atoms with Crippen molar-refractivity contribution in [1.29, 1.82) is 0 Å². The van der Waals surface area contributed by atoms with Crippen molar-refractivity contribution in [3.63, 3.8) is 0 Å². The second-order valence-corrected chi connectivity index (χ2v) is 4.52. The van der Waals surface area contributed by atoms with E-state index < -0.39 is 11.9 Å². The highest BCUT2D eigenvalue weighted by Gasteiger charge is 2.09. The summed E-state index contributed by atoms with van der Waals surface area (Å²) in [6.45, 7) is 2.25. The van der Waals surface area contributed by atoms with Crippen LogP contribution >= 0.6 is 22.6 Å². The van der Waals surface area contributed by atoms with Gasteiger partial charge in [-0.15, -0.1) is 0 Å². The van der Waals surface area contributed by atoms with Gasteiger partial charge in [0.2, 0.25) is 0 Å². The normalized spacial score (nSPS) is 10.3. The van der Waals surface area contributed by atoms with Crippen LogP contribution in [0.4, 0.5) is 0 Å². The molecule has 18 heavy (non-hydrogen) atoms. The van der Waals surface area contributed by atoms with E-state index in [-0.39, 0.29) is 0 Å². The van der Waals surface area contributed by atoms with Crippen molar-refractivity contribution in [2.75, 3.05) is 6.61 Å². The number of rotatable bonds is 5. The molecule has 0 fully saturated rings. The minimum Gasteiger partial charge on any atom is -0.462 e. The maximum atomic E-state index is 11.6. The van der Waals surface area contributed by atoms with Crippen LogP contribution in [-0.2, 0) is 14.3 Å². The summed E-state index contributed by atoms with van der Waals surface area (Å²) in [5, 5.41) is 0. The van der Waals surface area contributed by atoms with Gasteiger partial charge in [0.1, 0.15) is 6.26 Å². The molecule has 0 aliphatic heterocycles. The van der Waals surface area contributed by atoms with Crippen molar-refractivity contribution in [2.45, 2.75) is 13.3 Å². The van der Waals surface area contributed by atoms with E-state index in [1.807, 2.05) is 35.6 Å². The predicted octanol–water partition coefficient (Wildman–Crippen LogP) is 2.91. The Kier molecular flexibility index (Phi) is 6.42. The summed E-state index contributed by atoms with van der Waals surface area (Å²) in [5.41, 5.74) is 0.463. The average Bonchev–Trinajstić information content (AvgIpc) is 2.36. The second kappa shape index (κ2) is 7.86. The summed E-state index contributed by atoms with van der Waals surface area (Å²) in [4.78, 5) is 22.7. The van der Waals surface area contributed by atoms with Gasteiger partial charge < -0.3 is 9.47 Å². The summed E-state index contributed by atoms with van der Waals surface area (Å²) >= 11 is 2.04. The lowest BCUT2D eigenvalue weighted by atomic mass is 10.2. The lowest BCUT2D eigenvalue weighted by molar-refractivity contribution is -0.137. The molecule has 0 aliphatic carbocycles. The van der Waals surface area contributed by atoms with Crippen molar-refractivity contribution in [2.24, 2.45) is 0 Å². The highest BCUT2D eigenvalue weighted by Crippen LogP contribution is 2.12. The Morgan fingerprint density at radius 2 is 2.06 bits per heavy atom. The van der Waals surface area contributed by atoms with Gasteiger partial charge in [-0.05, 0) is 41.1 Å².